The van der Waals surface area contributed by atoms with Crippen molar-refractivity contribution in [3.63, 3.8) is 0 Å². The lowest BCUT2D eigenvalue weighted by Gasteiger charge is -2.10. The number of halogens is 1. The van der Waals surface area contributed by atoms with Gasteiger partial charge in [-0.05, 0) is 19.1 Å². The van der Waals surface area contributed by atoms with Crippen LogP contribution in [-0.2, 0) is 0 Å². The van der Waals surface area contributed by atoms with E-state index in [0.717, 1.165) is 4.34 Å². The summed E-state index contributed by atoms with van der Waals surface area (Å²) in [6, 6.07) is 4.72. The molecule has 0 unspecified atom stereocenters. The number of hydrogen-bond donors (Lipinski definition) is 1. The molecule has 3 nitrogen and oxygen atoms in total. The average molecular weight is 256 g/mol. The number of hydrogen-bond acceptors (Lipinski definition) is 5. The van der Waals surface area contributed by atoms with Gasteiger partial charge in [0.15, 0.2) is 4.34 Å². The summed E-state index contributed by atoms with van der Waals surface area (Å²) < 4.78 is 14.3. The van der Waals surface area contributed by atoms with Crippen LogP contribution >= 0.6 is 23.1 Å². The fraction of sp³-hybridized carbons (Fsp3) is 0.200. The maximum absolute atomic E-state index is 13.5. The Morgan fingerprint density at radius 3 is 2.94 bits per heavy atom. The van der Waals surface area contributed by atoms with Crippen LogP contribution in [0.5, 0.6) is 0 Å². The van der Waals surface area contributed by atoms with Crippen LogP contribution < -0.4 is 0 Å². The molecule has 0 saturated carbocycles. The van der Waals surface area contributed by atoms with Gasteiger partial charge < -0.3 is 5.11 Å². The first-order valence-electron chi connectivity index (χ1n) is 4.59. The standard InChI is InChI=1S/C10H9FN2OS2/c1-6(14)9-7(11)3-2-4-8(9)16-10-13-12-5-15-10/h2-6,14H,1H3/t6-/m1/s1. The van der Waals surface area contributed by atoms with Gasteiger partial charge in [-0.15, -0.1) is 10.2 Å². The molecular formula is C10H9FN2OS2. The maximum Gasteiger partial charge on any atom is 0.178 e. The smallest absolute Gasteiger partial charge is 0.178 e. The molecule has 1 heterocycles. The first kappa shape index (κ1) is 11.5. The van der Waals surface area contributed by atoms with Gasteiger partial charge in [-0.25, -0.2) is 4.39 Å². The van der Waals surface area contributed by atoms with E-state index in [9.17, 15) is 9.50 Å². The van der Waals surface area contributed by atoms with Gasteiger partial charge in [0.1, 0.15) is 11.3 Å². The number of rotatable bonds is 3. The van der Waals surface area contributed by atoms with Crippen molar-refractivity contribution in [2.45, 2.75) is 22.3 Å². The normalized spacial score (nSPS) is 12.7. The average Bonchev–Trinajstić information content (AvgIpc) is 2.70. The summed E-state index contributed by atoms with van der Waals surface area (Å²) in [4.78, 5) is 0.673. The zero-order valence-corrected chi connectivity index (χ0v) is 10.1. The van der Waals surface area contributed by atoms with Crippen LogP contribution in [0.1, 0.15) is 18.6 Å². The van der Waals surface area contributed by atoms with Crippen LogP contribution in [0.3, 0.4) is 0 Å². The van der Waals surface area contributed by atoms with Gasteiger partial charge in [0.25, 0.3) is 0 Å². The fourth-order valence-corrected chi connectivity index (χ4v) is 2.98. The van der Waals surface area contributed by atoms with Crippen molar-refractivity contribution < 1.29 is 9.50 Å². The lowest BCUT2D eigenvalue weighted by molar-refractivity contribution is 0.191. The minimum atomic E-state index is -0.836. The van der Waals surface area contributed by atoms with E-state index in [4.69, 9.17) is 0 Å². The Labute approximate surface area is 100 Å². The Balaban J connectivity index is 2.37. The summed E-state index contributed by atoms with van der Waals surface area (Å²) in [6.45, 7) is 1.54. The van der Waals surface area contributed by atoms with Crippen LogP contribution in [-0.4, -0.2) is 15.3 Å². The highest BCUT2D eigenvalue weighted by atomic mass is 32.2. The number of aromatic nitrogens is 2. The second-order valence-corrected chi connectivity index (χ2v) is 5.26. The molecule has 0 aliphatic carbocycles. The third-order valence-corrected chi connectivity index (χ3v) is 3.82. The Kier molecular flexibility index (Phi) is 3.52. The number of benzene rings is 1. The van der Waals surface area contributed by atoms with Crippen molar-refractivity contribution in [2.75, 3.05) is 0 Å². The van der Waals surface area contributed by atoms with Gasteiger partial charge in [0.2, 0.25) is 0 Å². The highest BCUT2D eigenvalue weighted by Crippen LogP contribution is 2.35. The van der Waals surface area contributed by atoms with Gasteiger partial charge in [-0.3, -0.25) is 0 Å². The van der Waals surface area contributed by atoms with Crippen molar-refractivity contribution in [1.82, 2.24) is 10.2 Å². The molecule has 0 aliphatic rings. The number of nitrogens with zero attached hydrogens (tertiary/aromatic N) is 2. The molecule has 84 valence electrons. The SMILES string of the molecule is C[C@@H](O)c1c(F)cccc1Sc1nncs1. The lowest BCUT2D eigenvalue weighted by atomic mass is 10.1. The zero-order valence-electron chi connectivity index (χ0n) is 8.42. The second-order valence-electron chi connectivity index (χ2n) is 3.13. The van der Waals surface area contributed by atoms with Crippen LogP contribution in [0.2, 0.25) is 0 Å². The molecule has 0 bridgehead atoms. The van der Waals surface area contributed by atoms with Crippen molar-refractivity contribution in [3.05, 3.63) is 35.1 Å². The van der Waals surface area contributed by atoms with Crippen LogP contribution in [0.15, 0.2) is 32.9 Å². The quantitative estimate of drug-likeness (QED) is 0.917. The van der Waals surface area contributed by atoms with Crippen LogP contribution in [0, 0.1) is 5.82 Å². The van der Waals surface area contributed by atoms with Crippen molar-refractivity contribution >= 4 is 23.1 Å². The van der Waals surface area contributed by atoms with Crippen molar-refractivity contribution in [3.8, 4) is 0 Å². The van der Waals surface area contributed by atoms with E-state index < -0.39 is 11.9 Å². The van der Waals surface area contributed by atoms with Gasteiger partial charge in [0, 0.05) is 10.5 Å². The first-order chi connectivity index (χ1) is 7.68. The summed E-state index contributed by atoms with van der Waals surface area (Å²) >= 11 is 2.69. The Hall–Kier alpha value is -0.980. The van der Waals surface area contributed by atoms with Crippen LogP contribution in [0.4, 0.5) is 4.39 Å². The number of aliphatic hydroxyl groups excluding tert-OH is 1. The molecule has 1 aromatic heterocycles. The van der Waals surface area contributed by atoms with E-state index in [0.29, 0.717) is 10.5 Å². The third-order valence-electron chi connectivity index (χ3n) is 1.97. The summed E-state index contributed by atoms with van der Waals surface area (Å²) in [7, 11) is 0. The molecule has 0 fully saturated rings. The second kappa shape index (κ2) is 4.90. The summed E-state index contributed by atoms with van der Waals surface area (Å²) in [6.07, 6.45) is -0.836. The third kappa shape index (κ3) is 2.40. The molecule has 0 aliphatic heterocycles. The Bertz CT molecular complexity index is 474. The monoisotopic (exact) mass is 256 g/mol. The molecule has 0 radical (unpaired) electrons. The van der Waals surface area contributed by atoms with Crippen molar-refractivity contribution in [2.24, 2.45) is 0 Å². The highest BCUT2D eigenvalue weighted by Gasteiger charge is 2.15. The predicted molar refractivity (Wildman–Crippen MR) is 61.1 cm³/mol. The maximum atomic E-state index is 13.5. The Morgan fingerprint density at radius 1 is 1.50 bits per heavy atom. The predicted octanol–water partition coefficient (Wildman–Crippen LogP) is 2.88. The molecule has 0 saturated heterocycles. The molecule has 1 aromatic carbocycles. The molecule has 1 N–H and O–H groups in total. The largest absolute Gasteiger partial charge is 0.389 e. The topological polar surface area (TPSA) is 46.0 Å². The molecular weight excluding hydrogens is 247 g/mol. The molecule has 6 heteroatoms. The Morgan fingerprint density at radius 2 is 2.31 bits per heavy atom. The molecule has 0 spiro atoms. The molecule has 0 amide bonds. The van der Waals surface area contributed by atoms with E-state index in [1.54, 1.807) is 24.6 Å². The van der Waals surface area contributed by atoms with Gasteiger partial charge >= 0.3 is 0 Å². The van der Waals surface area contributed by atoms with E-state index in [1.807, 2.05) is 0 Å². The van der Waals surface area contributed by atoms with Gasteiger partial charge in [0.05, 0.1) is 6.10 Å². The summed E-state index contributed by atoms with van der Waals surface area (Å²) in [5, 5.41) is 17.1. The zero-order chi connectivity index (χ0) is 11.5. The summed E-state index contributed by atoms with van der Waals surface area (Å²) in [5.41, 5.74) is 1.92. The number of aliphatic hydroxyl groups is 1. The molecule has 2 rings (SSSR count). The minimum Gasteiger partial charge on any atom is -0.389 e. The highest BCUT2D eigenvalue weighted by molar-refractivity contribution is 8.01. The van der Waals surface area contributed by atoms with E-state index in [2.05, 4.69) is 10.2 Å². The first-order valence-corrected chi connectivity index (χ1v) is 6.28. The van der Waals surface area contributed by atoms with Gasteiger partial charge in [-0.2, -0.15) is 0 Å². The van der Waals surface area contributed by atoms with E-state index in [1.165, 1.54) is 29.2 Å². The van der Waals surface area contributed by atoms with Crippen LogP contribution in [0.25, 0.3) is 0 Å². The summed E-state index contributed by atoms with van der Waals surface area (Å²) in [5.74, 6) is -0.399. The molecule has 2 aromatic rings. The molecule has 1 atom stereocenters. The van der Waals surface area contributed by atoms with E-state index in [-0.39, 0.29) is 0 Å². The van der Waals surface area contributed by atoms with Gasteiger partial charge in [-0.1, -0.05) is 29.2 Å². The van der Waals surface area contributed by atoms with E-state index >= 15 is 0 Å². The fourth-order valence-electron chi connectivity index (χ4n) is 1.31. The minimum absolute atomic E-state index is 0.308. The van der Waals surface area contributed by atoms with Crippen molar-refractivity contribution in [1.29, 1.82) is 0 Å². The molecule has 16 heavy (non-hydrogen) atoms. The lowest BCUT2D eigenvalue weighted by Crippen LogP contribution is -1.98.